The summed E-state index contributed by atoms with van der Waals surface area (Å²) in [4.78, 5) is 18.3. The fourth-order valence-electron chi connectivity index (χ4n) is 2.56. The number of carbonyl (C=O) groups excluding carboxylic acids is 1. The molecular formula is C16H24N2O2. The van der Waals surface area contributed by atoms with E-state index in [0.717, 1.165) is 18.9 Å². The van der Waals surface area contributed by atoms with Crippen LogP contribution in [0.4, 0.5) is 5.82 Å². The summed E-state index contributed by atoms with van der Waals surface area (Å²) < 4.78 is 4.97. The van der Waals surface area contributed by atoms with Crippen LogP contribution in [0, 0.1) is 5.41 Å². The lowest BCUT2D eigenvalue weighted by Crippen LogP contribution is -2.26. The van der Waals surface area contributed by atoms with E-state index in [9.17, 15) is 4.79 Å². The molecule has 0 aliphatic carbocycles. The molecule has 0 bridgehead atoms. The molecule has 4 nitrogen and oxygen atoms in total. The largest absolute Gasteiger partial charge is 0.462 e. The molecule has 1 aromatic rings. The van der Waals surface area contributed by atoms with Gasteiger partial charge >= 0.3 is 5.97 Å². The Kier molecular flexibility index (Phi) is 4.63. The minimum absolute atomic E-state index is 0.302. The Morgan fingerprint density at radius 2 is 2.15 bits per heavy atom. The third-order valence-electron chi connectivity index (χ3n) is 3.92. The van der Waals surface area contributed by atoms with Gasteiger partial charge in [-0.05, 0) is 43.7 Å². The summed E-state index contributed by atoms with van der Waals surface area (Å²) in [6.45, 7) is 8.91. The number of nitrogens with zero attached hydrogens (tertiary/aromatic N) is 2. The molecule has 110 valence electrons. The lowest BCUT2D eigenvalue weighted by Gasteiger charge is -2.24. The monoisotopic (exact) mass is 276 g/mol. The molecule has 1 aromatic heterocycles. The van der Waals surface area contributed by atoms with E-state index in [0.29, 0.717) is 17.6 Å². The Hall–Kier alpha value is -1.58. The first kappa shape index (κ1) is 14.8. The zero-order valence-electron chi connectivity index (χ0n) is 12.7. The summed E-state index contributed by atoms with van der Waals surface area (Å²) in [7, 11) is 0. The van der Waals surface area contributed by atoms with Crippen molar-refractivity contribution in [3.63, 3.8) is 0 Å². The van der Waals surface area contributed by atoms with Crippen molar-refractivity contribution >= 4 is 11.8 Å². The van der Waals surface area contributed by atoms with Crippen LogP contribution in [-0.2, 0) is 4.74 Å². The Morgan fingerprint density at radius 3 is 2.80 bits per heavy atom. The molecule has 0 N–H and O–H groups in total. The predicted molar refractivity (Wildman–Crippen MR) is 80.0 cm³/mol. The SMILES string of the molecule is CCOC(=O)c1ccc(N2CCCC(C)(C)CC2)nc1. The fourth-order valence-corrected chi connectivity index (χ4v) is 2.56. The van der Waals surface area contributed by atoms with Crippen molar-refractivity contribution in [1.82, 2.24) is 4.98 Å². The predicted octanol–water partition coefficient (Wildman–Crippen LogP) is 3.27. The van der Waals surface area contributed by atoms with Gasteiger partial charge in [0.1, 0.15) is 5.82 Å². The van der Waals surface area contributed by atoms with Gasteiger partial charge in [-0.3, -0.25) is 0 Å². The summed E-state index contributed by atoms with van der Waals surface area (Å²) >= 11 is 0. The number of esters is 1. The third-order valence-corrected chi connectivity index (χ3v) is 3.92. The second-order valence-electron chi connectivity index (χ2n) is 6.13. The van der Waals surface area contributed by atoms with E-state index in [2.05, 4.69) is 23.7 Å². The lowest BCUT2D eigenvalue weighted by atomic mass is 9.85. The number of carbonyl (C=O) groups is 1. The van der Waals surface area contributed by atoms with Crippen molar-refractivity contribution in [2.24, 2.45) is 5.41 Å². The topological polar surface area (TPSA) is 42.4 Å². The van der Waals surface area contributed by atoms with E-state index in [-0.39, 0.29) is 5.97 Å². The summed E-state index contributed by atoms with van der Waals surface area (Å²) in [5, 5.41) is 0. The zero-order chi connectivity index (χ0) is 14.6. The van der Waals surface area contributed by atoms with Crippen molar-refractivity contribution in [2.75, 3.05) is 24.6 Å². The molecule has 1 aliphatic heterocycles. The molecule has 2 heterocycles. The van der Waals surface area contributed by atoms with Crippen molar-refractivity contribution in [2.45, 2.75) is 40.0 Å². The first-order chi connectivity index (χ1) is 9.52. The van der Waals surface area contributed by atoms with Crippen LogP contribution in [-0.4, -0.2) is 30.6 Å². The maximum atomic E-state index is 11.6. The molecule has 0 saturated carbocycles. The highest BCUT2D eigenvalue weighted by molar-refractivity contribution is 5.89. The minimum Gasteiger partial charge on any atom is -0.462 e. The summed E-state index contributed by atoms with van der Waals surface area (Å²) in [5.74, 6) is 0.652. The fraction of sp³-hybridized carbons (Fsp3) is 0.625. The van der Waals surface area contributed by atoms with Crippen LogP contribution >= 0.6 is 0 Å². The van der Waals surface area contributed by atoms with E-state index in [1.165, 1.54) is 19.3 Å². The molecule has 0 unspecified atom stereocenters. The Morgan fingerprint density at radius 1 is 1.35 bits per heavy atom. The quantitative estimate of drug-likeness (QED) is 0.795. The number of ether oxygens (including phenoxy) is 1. The number of aromatic nitrogens is 1. The van der Waals surface area contributed by atoms with E-state index < -0.39 is 0 Å². The number of anilines is 1. The van der Waals surface area contributed by atoms with Crippen LogP contribution in [0.1, 0.15) is 50.4 Å². The number of hydrogen-bond acceptors (Lipinski definition) is 4. The van der Waals surface area contributed by atoms with Gasteiger partial charge in [-0.15, -0.1) is 0 Å². The van der Waals surface area contributed by atoms with Crippen molar-refractivity contribution in [3.05, 3.63) is 23.9 Å². The van der Waals surface area contributed by atoms with Gasteiger partial charge < -0.3 is 9.64 Å². The molecule has 20 heavy (non-hydrogen) atoms. The van der Waals surface area contributed by atoms with E-state index in [1.54, 1.807) is 19.2 Å². The van der Waals surface area contributed by atoms with Gasteiger partial charge in [0, 0.05) is 19.3 Å². The van der Waals surface area contributed by atoms with Crippen LogP contribution in [0.25, 0.3) is 0 Å². The third kappa shape index (κ3) is 3.71. The first-order valence-electron chi connectivity index (χ1n) is 7.40. The van der Waals surface area contributed by atoms with E-state index in [1.807, 2.05) is 6.07 Å². The van der Waals surface area contributed by atoms with Gasteiger partial charge in [-0.2, -0.15) is 0 Å². The molecule has 1 saturated heterocycles. The molecular weight excluding hydrogens is 252 g/mol. The minimum atomic E-state index is -0.302. The molecule has 1 fully saturated rings. The average molecular weight is 276 g/mol. The van der Waals surface area contributed by atoms with Gasteiger partial charge in [0.05, 0.1) is 12.2 Å². The molecule has 0 radical (unpaired) electrons. The summed E-state index contributed by atoms with van der Waals surface area (Å²) in [5.41, 5.74) is 0.936. The van der Waals surface area contributed by atoms with E-state index in [4.69, 9.17) is 4.74 Å². The maximum absolute atomic E-state index is 11.6. The lowest BCUT2D eigenvalue weighted by molar-refractivity contribution is 0.0526. The van der Waals surface area contributed by atoms with Crippen molar-refractivity contribution in [1.29, 1.82) is 0 Å². The molecule has 1 aliphatic rings. The summed E-state index contributed by atoms with van der Waals surface area (Å²) in [6.07, 6.45) is 5.23. The van der Waals surface area contributed by atoms with E-state index >= 15 is 0 Å². The van der Waals surface area contributed by atoms with Crippen LogP contribution < -0.4 is 4.90 Å². The Labute approximate surface area is 121 Å². The van der Waals surface area contributed by atoms with Crippen LogP contribution in [0.15, 0.2) is 18.3 Å². The molecule has 0 spiro atoms. The Bertz CT molecular complexity index is 454. The summed E-state index contributed by atoms with van der Waals surface area (Å²) in [6, 6.07) is 3.72. The van der Waals surface area contributed by atoms with Crippen molar-refractivity contribution < 1.29 is 9.53 Å². The highest BCUT2D eigenvalue weighted by Gasteiger charge is 2.23. The molecule has 0 amide bonds. The van der Waals surface area contributed by atoms with Gasteiger partial charge in [-0.25, -0.2) is 9.78 Å². The highest BCUT2D eigenvalue weighted by Crippen LogP contribution is 2.31. The zero-order valence-corrected chi connectivity index (χ0v) is 12.7. The Balaban J connectivity index is 2.04. The molecule has 2 rings (SSSR count). The smallest absolute Gasteiger partial charge is 0.339 e. The van der Waals surface area contributed by atoms with Crippen LogP contribution in [0.3, 0.4) is 0 Å². The first-order valence-corrected chi connectivity index (χ1v) is 7.40. The van der Waals surface area contributed by atoms with Gasteiger partial charge in [0.15, 0.2) is 0 Å². The second kappa shape index (κ2) is 6.25. The van der Waals surface area contributed by atoms with Gasteiger partial charge in [-0.1, -0.05) is 13.8 Å². The van der Waals surface area contributed by atoms with Crippen LogP contribution in [0.5, 0.6) is 0 Å². The molecule has 4 heteroatoms. The van der Waals surface area contributed by atoms with Gasteiger partial charge in [0.2, 0.25) is 0 Å². The van der Waals surface area contributed by atoms with Gasteiger partial charge in [0.25, 0.3) is 0 Å². The molecule has 0 aromatic carbocycles. The number of pyridine rings is 1. The maximum Gasteiger partial charge on any atom is 0.339 e. The standard InChI is InChI=1S/C16H24N2O2/c1-4-20-15(19)13-6-7-14(17-12-13)18-10-5-8-16(2,3)9-11-18/h6-7,12H,4-5,8-11H2,1-3H3. The normalized spacial score (nSPS) is 18.4. The van der Waals surface area contributed by atoms with Crippen molar-refractivity contribution in [3.8, 4) is 0 Å². The van der Waals surface area contributed by atoms with Crippen LogP contribution in [0.2, 0.25) is 0 Å². The average Bonchev–Trinajstić information content (AvgIpc) is 2.60. The second-order valence-corrected chi connectivity index (χ2v) is 6.13. The highest BCUT2D eigenvalue weighted by atomic mass is 16.5. The number of rotatable bonds is 3. The molecule has 0 atom stereocenters. The number of hydrogen-bond donors (Lipinski definition) is 0.